The SMILES string of the molecule is Cc1csc(C2(CN(CC(C)C)c3cc4c(cc3OCc3ccc(C(=O)O)cc3)CCC4)C(=O)C2=O)n1. The minimum Gasteiger partial charge on any atom is -0.487 e. The lowest BCUT2D eigenvalue weighted by molar-refractivity contribution is -0.122. The Labute approximate surface area is 220 Å². The quantitative estimate of drug-likeness (QED) is 0.305. The van der Waals surface area contributed by atoms with Crippen molar-refractivity contribution in [1.29, 1.82) is 0 Å². The minimum absolute atomic E-state index is 0.228. The summed E-state index contributed by atoms with van der Waals surface area (Å²) in [5.41, 5.74) is 4.08. The highest BCUT2D eigenvalue weighted by Crippen LogP contribution is 2.45. The van der Waals surface area contributed by atoms with E-state index in [0.717, 1.165) is 36.2 Å². The number of ether oxygens (including phenoxy) is 1. The predicted octanol–water partition coefficient (Wildman–Crippen LogP) is 4.77. The molecule has 0 amide bonds. The Balaban J connectivity index is 1.49. The van der Waals surface area contributed by atoms with Crippen molar-refractivity contribution in [3.05, 3.63) is 74.7 Å². The number of rotatable bonds is 10. The third-order valence-corrected chi connectivity index (χ3v) is 8.15. The van der Waals surface area contributed by atoms with Gasteiger partial charge in [-0.1, -0.05) is 26.0 Å². The van der Waals surface area contributed by atoms with E-state index in [2.05, 4.69) is 35.9 Å². The Morgan fingerprint density at radius 1 is 1.14 bits per heavy atom. The molecule has 3 aromatic rings. The lowest BCUT2D eigenvalue weighted by Crippen LogP contribution is -2.37. The fraction of sp³-hybridized carbons (Fsp3) is 0.379. The van der Waals surface area contributed by atoms with Crippen LogP contribution in [0.3, 0.4) is 0 Å². The van der Waals surface area contributed by atoms with Gasteiger partial charge in [0.1, 0.15) is 17.4 Å². The molecule has 0 bridgehead atoms. The van der Waals surface area contributed by atoms with Crippen LogP contribution in [0.1, 0.15) is 58.0 Å². The number of anilines is 1. The maximum atomic E-state index is 12.8. The van der Waals surface area contributed by atoms with E-state index in [1.54, 1.807) is 24.3 Å². The van der Waals surface area contributed by atoms with Crippen LogP contribution >= 0.6 is 11.3 Å². The summed E-state index contributed by atoms with van der Waals surface area (Å²) in [6.07, 6.45) is 3.06. The molecular formula is C29H30N2O5S. The van der Waals surface area contributed by atoms with Gasteiger partial charge in [0.05, 0.1) is 11.3 Å². The van der Waals surface area contributed by atoms with Crippen molar-refractivity contribution in [2.45, 2.75) is 52.1 Å². The number of carbonyl (C=O) groups excluding carboxylic acids is 2. The van der Waals surface area contributed by atoms with Gasteiger partial charge in [-0.3, -0.25) is 9.59 Å². The summed E-state index contributed by atoms with van der Waals surface area (Å²) in [6.45, 7) is 7.25. The number of ketones is 2. The van der Waals surface area contributed by atoms with Crippen molar-refractivity contribution < 1.29 is 24.2 Å². The lowest BCUT2D eigenvalue weighted by atomic mass is 10.0. The van der Waals surface area contributed by atoms with Crippen molar-refractivity contribution in [1.82, 2.24) is 4.98 Å². The first-order valence-electron chi connectivity index (χ1n) is 12.6. The highest BCUT2D eigenvalue weighted by molar-refractivity contribution is 7.11. The number of hydrogen-bond donors (Lipinski definition) is 1. The maximum absolute atomic E-state index is 12.8. The predicted molar refractivity (Wildman–Crippen MR) is 142 cm³/mol. The number of thiazole rings is 1. The average Bonchev–Trinajstić information content (AvgIpc) is 3.28. The molecule has 192 valence electrons. The average molecular weight is 519 g/mol. The van der Waals surface area contributed by atoms with Crippen LogP contribution in [0.25, 0.3) is 0 Å². The van der Waals surface area contributed by atoms with Crippen molar-refractivity contribution in [3.63, 3.8) is 0 Å². The molecule has 0 atom stereocenters. The molecule has 1 heterocycles. The molecule has 1 N–H and O–H groups in total. The number of aromatic carboxylic acids is 1. The van der Waals surface area contributed by atoms with Crippen LogP contribution in [0.2, 0.25) is 0 Å². The number of Topliss-reactive ketones (excluding diaryl/α,β-unsaturated/α-hetero) is 2. The highest BCUT2D eigenvalue weighted by Gasteiger charge is 2.69. The summed E-state index contributed by atoms with van der Waals surface area (Å²) in [7, 11) is 0. The summed E-state index contributed by atoms with van der Waals surface area (Å²) in [5.74, 6) is -0.736. The van der Waals surface area contributed by atoms with Gasteiger partial charge in [-0.25, -0.2) is 9.78 Å². The Morgan fingerprint density at radius 3 is 2.38 bits per heavy atom. The Hall–Kier alpha value is -3.52. The van der Waals surface area contributed by atoms with E-state index in [9.17, 15) is 19.5 Å². The zero-order valence-electron chi connectivity index (χ0n) is 21.2. The minimum atomic E-state index is -1.21. The summed E-state index contributed by atoms with van der Waals surface area (Å²) in [4.78, 5) is 43.4. The second-order valence-electron chi connectivity index (χ2n) is 10.4. The molecule has 2 aromatic carbocycles. The van der Waals surface area contributed by atoms with Crippen molar-refractivity contribution in [2.24, 2.45) is 5.92 Å². The molecule has 0 spiro atoms. The van der Waals surface area contributed by atoms with Crippen LogP contribution in [0.15, 0.2) is 41.8 Å². The summed E-state index contributed by atoms with van der Waals surface area (Å²) >= 11 is 1.37. The molecule has 2 aliphatic carbocycles. The third kappa shape index (κ3) is 4.78. The first-order valence-corrected chi connectivity index (χ1v) is 13.4. The molecule has 2 aliphatic rings. The van der Waals surface area contributed by atoms with Crippen LogP contribution in [0.4, 0.5) is 5.69 Å². The van der Waals surface area contributed by atoms with Crippen molar-refractivity contribution in [2.75, 3.05) is 18.0 Å². The molecule has 5 rings (SSSR count). The van der Waals surface area contributed by atoms with Gasteiger partial charge in [0.15, 0.2) is 5.41 Å². The van der Waals surface area contributed by atoms with Gasteiger partial charge < -0.3 is 14.7 Å². The van der Waals surface area contributed by atoms with E-state index in [0.29, 0.717) is 17.3 Å². The molecule has 0 saturated heterocycles. The van der Waals surface area contributed by atoms with E-state index in [4.69, 9.17) is 4.74 Å². The van der Waals surface area contributed by atoms with Crippen LogP contribution in [0.5, 0.6) is 5.75 Å². The second kappa shape index (κ2) is 9.74. The van der Waals surface area contributed by atoms with Crippen LogP contribution in [-0.4, -0.2) is 40.7 Å². The Morgan fingerprint density at radius 2 is 1.81 bits per heavy atom. The van der Waals surface area contributed by atoms with Crippen LogP contribution < -0.4 is 9.64 Å². The number of nitrogens with zero attached hydrogens (tertiary/aromatic N) is 2. The molecule has 37 heavy (non-hydrogen) atoms. The molecule has 1 fully saturated rings. The molecular weight excluding hydrogens is 488 g/mol. The molecule has 0 radical (unpaired) electrons. The van der Waals surface area contributed by atoms with Crippen molar-refractivity contribution >= 4 is 34.6 Å². The van der Waals surface area contributed by atoms with Gasteiger partial charge in [-0.2, -0.15) is 0 Å². The number of aromatic nitrogens is 1. The smallest absolute Gasteiger partial charge is 0.335 e. The molecule has 8 heteroatoms. The summed E-state index contributed by atoms with van der Waals surface area (Å²) in [5, 5.41) is 11.6. The second-order valence-corrected chi connectivity index (χ2v) is 11.2. The number of benzene rings is 2. The topological polar surface area (TPSA) is 96.8 Å². The molecule has 7 nitrogen and oxygen atoms in total. The van der Waals surface area contributed by atoms with Gasteiger partial charge in [0, 0.05) is 24.2 Å². The maximum Gasteiger partial charge on any atom is 0.335 e. The van der Waals surface area contributed by atoms with Gasteiger partial charge in [0.2, 0.25) is 11.6 Å². The normalized spacial score (nSPS) is 15.7. The van der Waals surface area contributed by atoms with E-state index in [1.165, 1.54) is 22.5 Å². The van der Waals surface area contributed by atoms with E-state index in [1.807, 2.05) is 12.3 Å². The highest BCUT2D eigenvalue weighted by atomic mass is 32.1. The number of hydrogen-bond acceptors (Lipinski definition) is 7. The third-order valence-electron chi connectivity index (χ3n) is 7.03. The number of carboxylic acids is 1. The Bertz CT molecular complexity index is 1360. The van der Waals surface area contributed by atoms with Crippen LogP contribution in [-0.2, 0) is 34.5 Å². The fourth-order valence-electron chi connectivity index (χ4n) is 5.06. The monoisotopic (exact) mass is 518 g/mol. The van der Waals surface area contributed by atoms with Gasteiger partial charge in [0.25, 0.3) is 0 Å². The fourth-order valence-corrected chi connectivity index (χ4v) is 6.04. The summed E-state index contributed by atoms with van der Waals surface area (Å²) < 4.78 is 6.34. The van der Waals surface area contributed by atoms with Crippen molar-refractivity contribution in [3.8, 4) is 5.75 Å². The first kappa shape index (κ1) is 25.1. The molecule has 1 aromatic heterocycles. The molecule has 1 saturated carbocycles. The molecule has 0 unspecified atom stereocenters. The Kier molecular flexibility index (Phi) is 6.62. The van der Waals surface area contributed by atoms with Gasteiger partial charge in [-0.05, 0) is 73.1 Å². The number of carboxylic acid groups (broad SMARTS) is 1. The zero-order valence-corrected chi connectivity index (χ0v) is 22.1. The van der Waals surface area contributed by atoms with Crippen LogP contribution in [0, 0.1) is 12.8 Å². The number of aryl methyl sites for hydroxylation is 3. The standard InChI is InChI=1S/C29H30N2O5S/c1-17(2)13-31(16-29(25(32)26(29)33)28-30-18(3)15-37-28)23-11-21-5-4-6-22(21)12-24(23)36-14-19-7-9-20(10-8-19)27(34)35/h7-12,15,17H,4-6,13-14,16H2,1-3H3,(H,34,35). The zero-order chi connectivity index (χ0) is 26.3. The first-order chi connectivity index (χ1) is 17.7. The van der Waals surface area contributed by atoms with E-state index < -0.39 is 11.4 Å². The number of fused-ring (bicyclic) bond motifs is 1. The summed E-state index contributed by atoms with van der Waals surface area (Å²) in [6, 6.07) is 10.9. The lowest BCUT2D eigenvalue weighted by Gasteiger charge is -2.31. The van der Waals surface area contributed by atoms with Gasteiger partial charge >= 0.3 is 5.97 Å². The van der Waals surface area contributed by atoms with E-state index >= 15 is 0 Å². The number of carbonyl (C=O) groups is 3. The van der Waals surface area contributed by atoms with Gasteiger partial charge in [-0.15, -0.1) is 11.3 Å². The van der Waals surface area contributed by atoms with E-state index in [-0.39, 0.29) is 36.2 Å². The largest absolute Gasteiger partial charge is 0.487 e. The molecule has 0 aliphatic heterocycles.